The summed E-state index contributed by atoms with van der Waals surface area (Å²) < 4.78 is 26.4. The number of rotatable bonds is 4. The first-order chi connectivity index (χ1) is 8.59. The molecule has 18 heavy (non-hydrogen) atoms. The van der Waals surface area contributed by atoms with Gasteiger partial charge in [0.2, 0.25) is 0 Å². The standard InChI is InChI=1S/C13H21F2N3/c1-10-5-3-4-6-11(10)17(2)9-12-16-7-8-18(12)13(14)15/h7-8,10-11,13H,3-6,9H2,1-2H3/t10-,11+/m0/s1. The van der Waals surface area contributed by atoms with Crippen LogP contribution in [0.2, 0.25) is 0 Å². The molecule has 0 bridgehead atoms. The fourth-order valence-electron chi connectivity index (χ4n) is 2.94. The van der Waals surface area contributed by atoms with Gasteiger partial charge in [0.25, 0.3) is 0 Å². The van der Waals surface area contributed by atoms with Crippen molar-refractivity contribution >= 4 is 0 Å². The maximum Gasteiger partial charge on any atom is 0.319 e. The Balaban J connectivity index is 2.01. The second kappa shape index (κ2) is 5.78. The van der Waals surface area contributed by atoms with Gasteiger partial charge >= 0.3 is 6.55 Å². The van der Waals surface area contributed by atoms with Gasteiger partial charge in [0.05, 0.1) is 6.54 Å². The zero-order valence-corrected chi connectivity index (χ0v) is 11.0. The smallest absolute Gasteiger partial charge is 0.296 e. The van der Waals surface area contributed by atoms with Crippen LogP contribution in [0.15, 0.2) is 12.4 Å². The Kier molecular flexibility index (Phi) is 4.32. The van der Waals surface area contributed by atoms with Crippen molar-refractivity contribution in [1.82, 2.24) is 14.5 Å². The molecular weight excluding hydrogens is 236 g/mol. The van der Waals surface area contributed by atoms with Crippen molar-refractivity contribution in [2.75, 3.05) is 7.05 Å². The molecule has 0 radical (unpaired) electrons. The lowest BCUT2D eigenvalue weighted by Crippen LogP contribution is -2.39. The van der Waals surface area contributed by atoms with Crippen molar-refractivity contribution in [3.63, 3.8) is 0 Å². The topological polar surface area (TPSA) is 21.1 Å². The first-order valence-corrected chi connectivity index (χ1v) is 6.59. The van der Waals surface area contributed by atoms with Gasteiger partial charge in [-0.05, 0) is 25.8 Å². The highest BCUT2D eigenvalue weighted by atomic mass is 19.3. The van der Waals surface area contributed by atoms with Crippen molar-refractivity contribution < 1.29 is 8.78 Å². The van der Waals surface area contributed by atoms with Crippen LogP contribution in [-0.2, 0) is 6.54 Å². The van der Waals surface area contributed by atoms with E-state index >= 15 is 0 Å². The third-order valence-electron chi connectivity index (χ3n) is 3.98. The largest absolute Gasteiger partial charge is 0.319 e. The molecule has 2 atom stereocenters. The SMILES string of the molecule is C[C@H]1CCCC[C@H]1N(C)Cc1nccn1C(F)F. The van der Waals surface area contributed by atoms with E-state index < -0.39 is 6.55 Å². The molecule has 0 amide bonds. The molecule has 1 aliphatic rings. The Morgan fingerprint density at radius 2 is 2.17 bits per heavy atom. The summed E-state index contributed by atoms with van der Waals surface area (Å²) in [5.74, 6) is 1.09. The normalized spacial score (nSPS) is 25.0. The van der Waals surface area contributed by atoms with Gasteiger partial charge in [-0.25, -0.2) is 4.98 Å². The van der Waals surface area contributed by atoms with Crippen LogP contribution < -0.4 is 0 Å². The molecule has 1 heterocycles. The zero-order valence-electron chi connectivity index (χ0n) is 11.0. The monoisotopic (exact) mass is 257 g/mol. The zero-order chi connectivity index (χ0) is 13.1. The fraction of sp³-hybridized carbons (Fsp3) is 0.769. The van der Waals surface area contributed by atoms with Crippen molar-refractivity contribution in [3.05, 3.63) is 18.2 Å². The second-order valence-corrected chi connectivity index (χ2v) is 5.27. The van der Waals surface area contributed by atoms with E-state index in [2.05, 4.69) is 16.8 Å². The second-order valence-electron chi connectivity index (χ2n) is 5.27. The van der Waals surface area contributed by atoms with Gasteiger partial charge < -0.3 is 0 Å². The molecule has 102 valence electrons. The van der Waals surface area contributed by atoms with Crippen LogP contribution in [0.1, 0.15) is 45.0 Å². The van der Waals surface area contributed by atoms with Crippen LogP contribution in [-0.4, -0.2) is 27.5 Å². The van der Waals surface area contributed by atoms with Crippen LogP contribution in [0, 0.1) is 5.92 Å². The Labute approximate surface area is 107 Å². The Morgan fingerprint density at radius 3 is 2.83 bits per heavy atom. The Hall–Kier alpha value is -0.970. The van der Waals surface area contributed by atoms with Gasteiger partial charge in [-0.1, -0.05) is 19.8 Å². The summed E-state index contributed by atoms with van der Waals surface area (Å²) in [4.78, 5) is 6.21. The molecule has 0 spiro atoms. The molecule has 0 aromatic carbocycles. The van der Waals surface area contributed by atoms with Crippen LogP contribution in [0.3, 0.4) is 0 Å². The first-order valence-electron chi connectivity index (χ1n) is 6.59. The highest BCUT2D eigenvalue weighted by molar-refractivity contribution is 4.94. The minimum absolute atomic E-state index is 0.449. The highest BCUT2D eigenvalue weighted by Gasteiger charge is 2.26. The molecule has 5 heteroatoms. The lowest BCUT2D eigenvalue weighted by molar-refractivity contribution is 0.0603. The van der Waals surface area contributed by atoms with Crippen LogP contribution in [0.4, 0.5) is 8.78 Å². The predicted octanol–water partition coefficient (Wildman–Crippen LogP) is 3.29. The molecule has 0 aliphatic heterocycles. The third-order valence-corrected chi connectivity index (χ3v) is 3.98. The summed E-state index contributed by atoms with van der Waals surface area (Å²) in [6.45, 7) is 0.242. The minimum Gasteiger partial charge on any atom is -0.296 e. The van der Waals surface area contributed by atoms with E-state index in [-0.39, 0.29) is 0 Å². The molecule has 1 aliphatic carbocycles. The molecule has 1 aromatic heterocycles. The number of nitrogens with zero attached hydrogens (tertiary/aromatic N) is 3. The number of halogens is 2. The molecule has 1 saturated carbocycles. The van der Waals surface area contributed by atoms with E-state index in [0.717, 1.165) is 11.0 Å². The third kappa shape index (κ3) is 2.88. The number of imidazole rings is 1. The average Bonchev–Trinajstić information content (AvgIpc) is 2.77. The summed E-state index contributed by atoms with van der Waals surface area (Å²) in [7, 11) is 2.01. The maximum atomic E-state index is 12.7. The molecule has 0 N–H and O–H groups in total. The molecule has 2 rings (SSSR count). The van der Waals surface area contributed by atoms with Gasteiger partial charge in [-0.15, -0.1) is 0 Å². The summed E-state index contributed by atoms with van der Waals surface area (Å²) in [6.07, 6.45) is 7.71. The lowest BCUT2D eigenvalue weighted by atomic mass is 9.85. The lowest BCUT2D eigenvalue weighted by Gasteiger charge is -2.36. The fourth-order valence-corrected chi connectivity index (χ4v) is 2.94. The van der Waals surface area contributed by atoms with Crippen LogP contribution >= 0.6 is 0 Å². The van der Waals surface area contributed by atoms with E-state index in [0.29, 0.717) is 24.3 Å². The summed E-state index contributed by atoms with van der Waals surface area (Å²) in [5.41, 5.74) is 0. The molecular formula is C13H21F2N3. The van der Waals surface area contributed by atoms with Gasteiger partial charge in [0.15, 0.2) is 0 Å². The van der Waals surface area contributed by atoms with Crippen LogP contribution in [0.25, 0.3) is 0 Å². The van der Waals surface area contributed by atoms with E-state index in [1.807, 2.05) is 7.05 Å². The number of hydrogen-bond donors (Lipinski definition) is 0. The molecule has 0 unspecified atom stereocenters. The summed E-state index contributed by atoms with van der Waals surface area (Å²) >= 11 is 0. The number of hydrogen-bond acceptors (Lipinski definition) is 2. The summed E-state index contributed by atoms with van der Waals surface area (Å²) in [6, 6.07) is 0.488. The van der Waals surface area contributed by atoms with Gasteiger partial charge in [0, 0.05) is 18.4 Å². The van der Waals surface area contributed by atoms with Gasteiger partial charge in [-0.3, -0.25) is 9.47 Å². The van der Waals surface area contributed by atoms with Gasteiger partial charge in [-0.2, -0.15) is 8.78 Å². The van der Waals surface area contributed by atoms with E-state index in [1.54, 1.807) is 0 Å². The van der Waals surface area contributed by atoms with Crippen molar-refractivity contribution in [2.24, 2.45) is 5.92 Å². The Morgan fingerprint density at radius 1 is 1.44 bits per heavy atom. The summed E-state index contributed by atoms with van der Waals surface area (Å²) in [5, 5.41) is 0. The molecule has 1 fully saturated rings. The Bertz CT molecular complexity index is 378. The van der Waals surface area contributed by atoms with E-state index in [1.165, 1.54) is 31.7 Å². The quantitative estimate of drug-likeness (QED) is 0.825. The minimum atomic E-state index is -2.50. The van der Waals surface area contributed by atoms with E-state index in [9.17, 15) is 8.78 Å². The number of alkyl halides is 2. The average molecular weight is 257 g/mol. The highest BCUT2D eigenvalue weighted by Crippen LogP contribution is 2.28. The first kappa shape index (κ1) is 13.5. The van der Waals surface area contributed by atoms with Crippen molar-refractivity contribution in [1.29, 1.82) is 0 Å². The maximum absolute atomic E-state index is 12.7. The van der Waals surface area contributed by atoms with E-state index in [4.69, 9.17) is 0 Å². The van der Waals surface area contributed by atoms with Crippen molar-refractivity contribution in [2.45, 2.75) is 51.7 Å². The molecule has 1 aromatic rings. The van der Waals surface area contributed by atoms with Gasteiger partial charge in [0.1, 0.15) is 5.82 Å². The van der Waals surface area contributed by atoms with Crippen LogP contribution in [0.5, 0.6) is 0 Å². The number of aromatic nitrogens is 2. The molecule has 0 saturated heterocycles. The predicted molar refractivity (Wildman–Crippen MR) is 66.4 cm³/mol. The molecule has 3 nitrogen and oxygen atoms in total. The van der Waals surface area contributed by atoms with Crippen molar-refractivity contribution in [3.8, 4) is 0 Å².